The maximum absolute atomic E-state index is 14.8. The first-order valence-corrected chi connectivity index (χ1v) is 16.5. The molecule has 46 heavy (non-hydrogen) atoms. The van der Waals surface area contributed by atoms with Crippen LogP contribution in [0.2, 0.25) is 0 Å². The number of nitrogens with one attached hydrogen (secondary N) is 1. The number of benzene rings is 2. The third-order valence-corrected chi connectivity index (χ3v) is 10.9. The SMILES string of the molecule is C#Cc1c(F)ccc2cc(O)cc(Cn3cnc4c(OCC5(CN6C[C@H]7COC[C@H]7C6)CC5)nc(N5C[C@H]6CC[C@@H](C5)N6)nc43)c12. The molecule has 4 aromatic rings. The van der Waals surface area contributed by atoms with Crippen LogP contribution in [0.4, 0.5) is 10.3 Å². The summed E-state index contributed by atoms with van der Waals surface area (Å²) in [6.07, 6.45) is 12.1. The van der Waals surface area contributed by atoms with Crippen molar-refractivity contribution in [2.45, 2.75) is 44.3 Å². The summed E-state index contributed by atoms with van der Waals surface area (Å²) in [6.45, 7) is 7.58. The van der Waals surface area contributed by atoms with E-state index in [1.165, 1.54) is 6.07 Å². The van der Waals surface area contributed by atoms with Gasteiger partial charge in [0.2, 0.25) is 11.8 Å². The van der Waals surface area contributed by atoms with E-state index in [-0.39, 0.29) is 23.3 Å². The van der Waals surface area contributed by atoms with Crippen LogP contribution in [0.25, 0.3) is 21.9 Å². The molecule has 2 aromatic carbocycles. The second-order valence-electron chi connectivity index (χ2n) is 14.2. The monoisotopic (exact) mass is 623 g/mol. The van der Waals surface area contributed by atoms with Crippen LogP contribution in [0.1, 0.15) is 36.8 Å². The van der Waals surface area contributed by atoms with Crippen molar-refractivity contribution in [2.75, 3.05) is 57.4 Å². The second-order valence-corrected chi connectivity index (χ2v) is 14.2. The summed E-state index contributed by atoms with van der Waals surface area (Å²) in [5.74, 6) is 4.59. The molecule has 4 atom stereocenters. The molecule has 2 N–H and O–H groups in total. The standard InChI is InChI=1S/C35H38FN7O3/c1-2-28-29(36)6-3-21-9-27(44)10-22(30(21)28)13-43-20-37-31-32(43)39-34(42-14-25-4-5-26(15-42)38-25)40-33(31)46-19-35(7-8-35)18-41-11-23-16-45-17-24(23)12-41/h1,3,6,9-10,20,23-26,38,44H,4-5,7-8,11-19H2/t23-,24+,25-,26+. The van der Waals surface area contributed by atoms with Crippen LogP contribution in [-0.2, 0) is 11.3 Å². The fraction of sp³-hybridized carbons (Fsp3) is 0.514. The van der Waals surface area contributed by atoms with Crippen molar-refractivity contribution in [1.29, 1.82) is 0 Å². The number of ether oxygens (including phenoxy) is 2. The summed E-state index contributed by atoms with van der Waals surface area (Å²) in [4.78, 5) is 19.7. The quantitative estimate of drug-likeness (QED) is 0.286. The summed E-state index contributed by atoms with van der Waals surface area (Å²) < 4.78 is 29.0. The number of aromatic nitrogens is 4. The Morgan fingerprint density at radius 3 is 2.61 bits per heavy atom. The number of piperazine rings is 1. The van der Waals surface area contributed by atoms with E-state index in [1.807, 2.05) is 4.57 Å². The number of phenols is 1. The van der Waals surface area contributed by atoms with Gasteiger partial charge in [-0.1, -0.05) is 12.0 Å². The van der Waals surface area contributed by atoms with Crippen molar-refractivity contribution in [3.05, 3.63) is 47.5 Å². The number of nitrogens with zero attached hydrogens (tertiary/aromatic N) is 6. The van der Waals surface area contributed by atoms with Crippen molar-refractivity contribution in [3.8, 4) is 24.0 Å². The molecule has 5 fully saturated rings. The predicted octanol–water partition coefficient (Wildman–Crippen LogP) is 3.53. The molecular weight excluding hydrogens is 585 g/mol. The lowest BCUT2D eigenvalue weighted by Gasteiger charge is -2.33. The van der Waals surface area contributed by atoms with E-state index in [9.17, 15) is 9.50 Å². The second kappa shape index (κ2) is 10.8. The average molecular weight is 624 g/mol. The number of halogens is 1. The van der Waals surface area contributed by atoms with Crippen molar-refractivity contribution < 1.29 is 19.0 Å². The van der Waals surface area contributed by atoms with E-state index in [0.29, 0.717) is 69.9 Å². The molecule has 10 nitrogen and oxygen atoms in total. The van der Waals surface area contributed by atoms with Crippen molar-refractivity contribution >= 4 is 27.9 Å². The highest BCUT2D eigenvalue weighted by atomic mass is 19.1. The van der Waals surface area contributed by atoms with Crippen molar-refractivity contribution in [1.82, 2.24) is 29.7 Å². The molecule has 2 bridgehead atoms. The van der Waals surface area contributed by atoms with Gasteiger partial charge in [-0.3, -0.25) is 0 Å². The molecule has 0 unspecified atom stereocenters. The van der Waals surface area contributed by atoms with Gasteiger partial charge < -0.3 is 34.3 Å². The molecule has 2 aromatic heterocycles. The van der Waals surface area contributed by atoms with Gasteiger partial charge in [-0.2, -0.15) is 9.97 Å². The molecule has 6 heterocycles. The third kappa shape index (κ3) is 4.94. The number of imidazole rings is 1. The molecule has 5 aliphatic rings. The summed E-state index contributed by atoms with van der Waals surface area (Å²) in [7, 11) is 0. The van der Waals surface area contributed by atoms with Crippen LogP contribution in [0.15, 0.2) is 30.6 Å². The normalized spacial score (nSPS) is 26.6. The summed E-state index contributed by atoms with van der Waals surface area (Å²) in [6, 6.07) is 7.06. The number of likely N-dealkylation sites (tertiary alicyclic amines) is 1. The van der Waals surface area contributed by atoms with Crippen molar-refractivity contribution in [3.63, 3.8) is 0 Å². The van der Waals surface area contributed by atoms with E-state index < -0.39 is 5.82 Å². The van der Waals surface area contributed by atoms with E-state index in [1.54, 1.807) is 24.5 Å². The molecule has 0 amide bonds. The maximum Gasteiger partial charge on any atom is 0.247 e. The molecule has 0 spiro atoms. The number of aromatic hydroxyl groups is 1. The van der Waals surface area contributed by atoms with Crippen molar-refractivity contribution in [2.24, 2.45) is 17.3 Å². The number of anilines is 1. The molecule has 4 aliphatic heterocycles. The van der Waals surface area contributed by atoms with Gasteiger partial charge in [0.05, 0.1) is 38.3 Å². The lowest BCUT2D eigenvalue weighted by atomic mass is 9.98. The Kier molecular flexibility index (Phi) is 6.63. The Bertz CT molecular complexity index is 1860. The van der Waals surface area contributed by atoms with Gasteiger partial charge in [0.1, 0.15) is 11.6 Å². The molecular formula is C35H38FN7O3. The van der Waals surface area contributed by atoms with Crippen LogP contribution in [0.5, 0.6) is 11.6 Å². The Morgan fingerprint density at radius 2 is 1.87 bits per heavy atom. The zero-order chi connectivity index (χ0) is 31.0. The smallest absolute Gasteiger partial charge is 0.247 e. The van der Waals surface area contributed by atoms with E-state index in [4.69, 9.17) is 30.8 Å². The first-order valence-electron chi connectivity index (χ1n) is 16.5. The Hall–Kier alpha value is -3.98. The van der Waals surface area contributed by atoms with Gasteiger partial charge in [-0.05, 0) is 54.8 Å². The molecule has 9 rings (SSSR count). The summed E-state index contributed by atoms with van der Waals surface area (Å²) in [5.41, 5.74) is 2.22. The van der Waals surface area contributed by atoms with Crippen LogP contribution < -0.4 is 15.0 Å². The first-order chi connectivity index (χ1) is 22.4. The third-order valence-electron chi connectivity index (χ3n) is 10.9. The zero-order valence-corrected chi connectivity index (χ0v) is 25.8. The number of hydrogen-bond donors (Lipinski definition) is 2. The minimum absolute atomic E-state index is 0.0843. The number of hydrogen-bond acceptors (Lipinski definition) is 9. The predicted molar refractivity (Wildman–Crippen MR) is 171 cm³/mol. The average Bonchev–Trinajstić information content (AvgIpc) is 3.36. The molecule has 4 saturated heterocycles. The lowest BCUT2D eigenvalue weighted by Crippen LogP contribution is -2.51. The fourth-order valence-electron chi connectivity index (χ4n) is 8.32. The maximum atomic E-state index is 14.8. The minimum atomic E-state index is -0.467. The minimum Gasteiger partial charge on any atom is -0.508 e. The van der Waals surface area contributed by atoms with Crippen LogP contribution in [-0.4, -0.2) is 94.2 Å². The largest absolute Gasteiger partial charge is 0.508 e. The zero-order valence-electron chi connectivity index (χ0n) is 25.8. The fourth-order valence-corrected chi connectivity index (χ4v) is 8.32. The Balaban J connectivity index is 1.05. The van der Waals surface area contributed by atoms with Gasteiger partial charge in [-0.15, -0.1) is 6.42 Å². The molecule has 1 aliphatic carbocycles. The highest BCUT2D eigenvalue weighted by Gasteiger charge is 2.48. The number of fused-ring (bicyclic) bond motifs is 5. The number of terminal acetylenes is 1. The van der Waals surface area contributed by atoms with E-state index in [2.05, 4.69) is 21.0 Å². The van der Waals surface area contributed by atoms with Crippen LogP contribution >= 0.6 is 0 Å². The highest BCUT2D eigenvalue weighted by Crippen LogP contribution is 2.48. The van der Waals surface area contributed by atoms with Gasteiger partial charge >= 0.3 is 0 Å². The van der Waals surface area contributed by atoms with Crippen LogP contribution in [0, 0.1) is 35.4 Å². The summed E-state index contributed by atoms with van der Waals surface area (Å²) >= 11 is 0. The highest BCUT2D eigenvalue weighted by molar-refractivity contribution is 5.92. The number of phenolic OH excluding ortho intramolecular Hbond substituents is 1. The number of rotatable bonds is 8. The lowest BCUT2D eigenvalue weighted by molar-refractivity contribution is 0.133. The molecule has 1 saturated carbocycles. The topological polar surface area (TPSA) is 101 Å². The van der Waals surface area contributed by atoms with Gasteiger partial charge in [0.25, 0.3) is 0 Å². The van der Waals surface area contributed by atoms with Gasteiger partial charge in [0, 0.05) is 67.4 Å². The van der Waals surface area contributed by atoms with E-state index >= 15 is 0 Å². The van der Waals surface area contributed by atoms with Crippen LogP contribution in [0.3, 0.4) is 0 Å². The Morgan fingerprint density at radius 1 is 1.09 bits per heavy atom. The Labute approximate surface area is 266 Å². The van der Waals surface area contributed by atoms with Gasteiger partial charge in [0.15, 0.2) is 11.2 Å². The molecule has 0 radical (unpaired) electrons. The van der Waals surface area contributed by atoms with Gasteiger partial charge in [-0.25, -0.2) is 9.37 Å². The molecule has 238 valence electrons. The first kappa shape index (κ1) is 28.3. The van der Waals surface area contributed by atoms with E-state index in [0.717, 1.165) is 71.6 Å². The molecule has 11 heteroatoms. The summed E-state index contributed by atoms with van der Waals surface area (Å²) in [5, 5.41) is 15.5.